The molecular formula is C22H31N3. The predicted octanol–water partition coefficient (Wildman–Crippen LogP) is 3.38. The SMILES string of the molecule is Cc1cccc(CNC(CN2CCN(C)CC2)c2ccccc2)c1C. The zero-order valence-corrected chi connectivity index (χ0v) is 15.8. The molecule has 0 aromatic heterocycles. The predicted molar refractivity (Wildman–Crippen MR) is 106 cm³/mol. The van der Waals surface area contributed by atoms with Gasteiger partial charge in [0.1, 0.15) is 0 Å². The fraction of sp³-hybridized carbons (Fsp3) is 0.455. The highest BCUT2D eigenvalue weighted by Gasteiger charge is 2.19. The van der Waals surface area contributed by atoms with Crippen LogP contribution in [0.4, 0.5) is 0 Å². The fourth-order valence-corrected chi connectivity index (χ4v) is 3.50. The molecule has 1 fully saturated rings. The van der Waals surface area contributed by atoms with Crippen molar-refractivity contribution in [3.05, 3.63) is 70.8 Å². The first-order valence-electron chi connectivity index (χ1n) is 9.38. The van der Waals surface area contributed by atoms with Crippen LogP contribution in [0.5, 0.6) is 0 Å². The minimum atomic E-state index is 0.365. The van der Waals surface area contributed by atoms with Crippen LogP contribution in [0.25, 0.3) is 0 Å². The van der Waals surface area contributed by atoms with Crippen molar-refractivity contribution in [3.63, 3.8) is 0 Å². The molecule has 2 aromatic carbocycles. The van der Waals surface area contributed by atoms with E-state index in [1.54, 1.807) is 0 Å². The van der Waals surface area contributed by atoms with Gasteiger partial charge in [0.2, 0.25) is 0 Å². The lowest BCUT2D eigenvalue weighted by Gasteiger charge is -2.35. The summed E-state index contributed by atoms with van der Waals surface area (Å²) in [6.45, 7) is 11.1. The van der Waals surface area contributed by atoms with Crippen LogP contribution in [-0.4, -0.2) is 49.6 Å². The molecule has 0 saturated carbocycles. The van der Waals surface area contributed by atoms with Gasteiger partial charge in [-0.2, -0.15) is 0 Å². The van der Waals surface area contributed by atoms with Crippen molar-refractivity contribution in [2.75, 3.05) is 39.8 Å². The molecule has 1 aliphatic heterocycles. The molecule has 1 unspecified atom stereocenters. The second-order valence-electron chi connectivity index (χ2n) is 7.31. The maximum atomic E-state index is 3.82. The Hall–Kier alpha value is -1.68. The van der Waals surface area contributed by atoms with Crippen LogP contribution < -0.4 is 5.32 Å². The first-order valence-corrected chi connectivity index (χ1v) is 9.38. The Bertz CT molecular complexity index is 660. The normalized spacial score (nSPS) is 17.6. The second kappa shape index (κ2) is 8.61. The summed E-state index contributed by atoms with van der Waals surface area (Å²) >= 11 is 0. The third-order valence-electron chi connectivity index (χ3n) is 5.49. The molecular weight excluding hydrogens is 306 g/mol. The molecule has 0 bridgehead atoms. The van der Waals surface area contributed by atoms with Crippen molar-refractivity contribution in [3.8, 4) is 0 Å². The first-order chi connectivity index (χ1) is 12.1. The average Bonchev–Trinajstić information content (AvgIpc) is 2.64. The zero-order valence-electron chi connectivity index (χ0n) is 15.8. The number of rotatable bonds is 6. The molecule has 1 saturated heterocycles. The maximum Gasteiger partial charge on any atom is 0.0451 e. The molecule has 2 aromatic rings. The van der Waals surface area contributed by atoms with E-state index in [0.29, 0.717) is 6.04 Å². The molecule has 3 nitrogen and oxygen atoms in total. The van der Waals surface area contributed by atoms with E-state index in [-0.39, 0.29) is 0 Å². The molecule has 1 N–H and O–H groups in total. The number of benzene rings is 2. The van der Waals surface area contributed by atoms with Crippen LogP contribution in [0.3, 0.4) is 0 Å². The molecule has 134 valence electrons. The summed E-state index contributed by atoms with van der Waals surface area (Å²) in [7, 11) is 2.21. The van der Waals surface area contributed by atoms with Crippen LogP contribution in [0, 0.1) is 13.8 Å². The number of hydrogen-bond acceptors (Lipinski definition) is 3. The Balaban J connectivity index is 1.69. The van der Waals surface area contributed by atoms with Crippen molar-refractivity contribution in [2.24, 2.45) is 0 Å². The van der Waals surface area contributed by atoms with Gasteiger partial charge in [0.25, 0.3) is 0 Å². The van der Waals surface area contributed by atoms with Gasteiger partial charge in [-0.25, -0.2) is 0 Å². The highest BCUT2D eigenvalue weighted by atomic mass is 15.3. The molecule has 1 heterocycles. The number of nitrogens with zero attached hydrogens (tertiary/aromatic N) is 2. The van der Waals surface area contributed by atoms with Crippen LogP contribution in [-0.2, 0) is 6.54 Å². The topological polar surface area (TPSA) is 18.5 Å². The van der Waals surface area contributed by atoms with Crippen LogP contribution in [0.2, 0.25) is 0 Å². The molecule has 25 heavy (non-hydrogen) atoms. The Morgan fingerprint density at radius 2 is 1.64 bits per heavy atom. The number of piperazine rings is 1. The summed E-state index contributed by atoms with van der Waals surface area (Å²) in [5.41, 5.74) is 5.56. The lowest BCUT2D eigenvalue weighted by molar-refractivity contribution is 0.142. The first kappa shape index (κ1) is 18.1. The molecule has 0 spiro atoms. The third-order valence-corrected chi connectivity index (χ3v) is 5.49. The monoisotopic (exact) mass is 337 g/mol. The minimum Gasteiger partial charge on any atom is -0.305 e. The summed E-state index contributed by atoms with van der Waals surface area (Å²) in [6, 6.07) is 17.8. The zero-order chi connectivity index (χ0) is 17.6. The van der Waals surface area contributed by atoms with Crippen LogP contribution in [0.15, 0.2) is 48.5 Å². The number of hydrogen-bond donors (Lipinski definition) is 1. The number of nitrogens with one attached hydrogen (secondary N) is 1. The van der Waals surface area contributed by atoms with Crippen molar-refractivity contribution in [1.82, 2.24) is 15.1 Å². The van der Waals surface area contributed by atoms with E-state index in [9.17, 15) is 0 Å². The third kappa shape index (κ3) is 4.91. The van der Waals surface area contributed by atoms with E-state index in [2.05, 4.69) is 84.5 Å². The van der Waals surface area contributed by atoms with Gasteiger partial charge in [0.05, 0.1) is 0 Å². The van der Waals surface area contributed by atoms with Gasteiger partial charge in [-0.05, 0) is 43.1 Å². The molecule has 0 amide bonds. The summed E-state index contributed by atoms with van der Waals surface area (Å²) in [4.78, 5) is 5.01. The Labute approximate surface area is 152 Å². The largest absolute Gasteiger partial charge is 0.305 e. The van der Waals surface area contributed by atoms with Crippen LogP contribution >= 0.6 is 0 Å². The summed E-state index contributed by atoms with van der Waals surface area (Å²) < 4.78 is 0. The number of aryl methyl sites for hydroxylation is 1. The van der Waals surface area contributed by atoms with Crippen molar-refractivity contribution in [1.29, 1.82) is 0 Å². The average molecular weight is 338 g/mol. The maximum absolute atomic E-state index is 3.82. The fourth-order valence-electron chi connectivity index (χ4n) is 3.50. The van der Waals surface area contributed by atoms with E-state index in [1.807, 2.05) is 0 Å². The molecule has 0 aliphatic carbocycles. The van der Waals surface area contributed by atoms with Crippen molar-refractivity contribution < 1.29 is 0 Å². The number of likely N-dealkylation sites (N-methyl/N-ethyl adjacent to an activating group) is 1. The van der Waals surface area contributed by atoms with E-state index < -0.39 is 0 Å². The lowest BCUT2D eigenvalue weighted by atomic mass is 10.0. The molecule has 1 aliphatic rings. The van der Waals surface area contributed by atoms with Crippen molar-refractivity contribution >= 4 is 0 Å². The molecule has 0 radical (unpaired) electrons. The van der Waals surface area contributed by atoms with Gasteiger partial charge < -0.3 is 10.2 Å². The minimum absolute atomic E-state index is 0.365. The molecule has 3 rings (SSSR count). The van der Waals surface area contributed by atoms with Crippen LogP contribution in [0.1, 0.15) is 28.3 Å². The van der Waals surface area contributed by atoms with E-state index in [0.717, 1.165) is 26.2 Å². The Kier molecular flexibility index (Phi) is 6.24. The van der Waals surface area contributed by atoms with Gasteiger partial charge in [-0.1, -0.05) is 48.5 Å². The van der Waals surface area contributed by atoms with E-state index in [1.165, 1.54) is 35.3 Å². The van der Waals surface area contributed by atoms with Gasteiger partial charge >= 0.3 is 0 Å². The standard InChI is InChI=1S/C22H31N3/c1-18-8-7-11-21(19(18)2)16-23-22(20-9-5-4-6-10-20)17-25-14-12-24(3)13-15-25/h4-11,22-23H,12-17H2,1-3H3. The highest BCUT2D eigenvalue weighted by Crippen LogP contribution is 2.18. The Morgan fingerprint density at radius 3 is 2.36 bits per heavy atom. The lowest BCUT2D eigenvalue weighted by Crippen LogP contribution is -2.47. The van der Waals surface area contributed by atoms with Gasteiger partial charge in [-0.3, -0.25) is 4.90 Å². The summed E-state index contributed by atoms with van der Waals surface area (Å²) in [5, 5.41) is 3.82. The summed E-state index contributed by atoms with van der Waals surface area (Å²) in [6.07, 6.45) is 0. The van der Waals surface area contributed by atoms with E-state index in [4.69, 9.17) is 0 Å². The smallest absolute Gasteiger partial charge is 0.0451 e. The summed E-state index contributed by atoms with van der Waals surface area (Å²) in [5.74, 6) is 0. The van der Waals surface area contributed by atoms with Crippen molar-refractivity contribution in [2.45, 2.75) is 26.4 Å². The van der Waals surface area contributed by atoms with E-state index >= 15 is 0 Å². The van der Waals surface area contributed by atoms with Gasteiger partial charge in [0, 0.05) is 45.3 Å². The highest BCUT2D eigenvalue weighted by molar-refractivity contribution is 5.33. The molecule has 3 heteroatoms. The quantitative estimate of drug-likeness (QED) is 0.872. The molecule has 1 atom stereocenters. The van der Waals surface area contributed by atoms with Gasteiger partial charge in [-0.15, -0.1) is 0 Å². The Morgan fingerprint density at radius 1 is 0.920 bits per heavy atom. The van der Waals surface area contributed by atoms with Gasteiger partial charge in [0.15, 0.2) is 0 Å². The second-order valence-corrected chi connectivity index (χ2v) is 7.31.